The van der Waals surface area contributed by atoms with Crippen LogP contribution in [0.3, 0.4) is 0 Å². The van der Waals surface area contributed by atoms with Gasteiger partial charge in [0.15, 0.2) is 5.84 Å². The molecule has 1 aromatic carbocycles. The van der Waals surface area contributed by atoms with Crippen LogP contribution < -0.4 is 11.1 Å². The molecule has 6 nitrogen and oxygen atoms in total. The zero-order chi connectivity index (χ0) is 15.4. The Labute approximate surface area is 126 Å². The first kappa shape index (κ1) is 14.8. The van der Waals surface area contributed by atoms with Gasteiger partial charge in [-0.05, 0) is 37.3 Å². The first-order valence-electron chi connectivity index (χ1n) is 6.02. The predicted octanol–water partition coefficient (Wildman–Crippen LogP) is 2.39. The number of hydrogen-bond donors (Lipinski definition) is 3. The van der Waals surface area contributed by atoms with Gasteiger partial charge in [0, 0.05) is 17.5 Å². The molecule has 0 aliphatic rings. The first-order valence-corrected chi connectivity index (χ1v) is 6.40. The fourth-order valence-electron chi connectivity index (χ4n) is 1.63. The topological polar surface area (TPSA) is 101 Å². The second kappa shape index (κ2) is 6.23. The molecule has 7 heteroatoms. The van der Waals surface area contributed by atoms with Crippen LogP contribution in [-0.2, 0) is 0 Å². The molecule has 108 valence electrons. The van der Waals surface area contributed by atoms with Gasteiger partial charge in [0.05, 0.1) is 16.3 Å². The van der Waals surface area contributed by atoms with Crippen LogP contribution in [-0.4, -0.2) is 21.9 Å². The van der Waals surface area contributed by atoms with E-state index in [1.807, 2.05) is 6.92 Å². The van der Waals surface area contributed by atoms with E-state index in [0.717, 1.165) is 5.69 Å². The maximum atomic E-state index is 12.1. The van der Waals surface area contributed by atoms with Gasteiger partial charge in [-0.15, -0.1) is 0 Å². The van der Waals surface area contributed by atoms with Crippen molar-refractivity contribution in [2.45, 2.75) is 6.92 Å². The lowest BCUT2D eigenvalue weighted by Crippen LogP contribution is -2.15. The molecule has 0 saturated carbocycles. The highest BCUT2D eigenvalue weighted by molar-refractivity contribution is 6.34. The third-order valence-corrected chi connectivity index (χ3v) is 3.11. The standard InChI is InChI=1S/C14H13ClN4O2/c1-8-2-3-10(7-17-8)14(20)18-12-5-4-9(6-11(12)15)13(16)19-21/h2-7,21H,1H3,(H2,16,19)(H,18,20). The van der Waals surface area contributed by atoms with Crippen molar-refractivity contribution in [2.24, 2.45) is 10.9 Å². The molecule has 2 rings (SSSR count). The Bertz CT molecular complexity index is 699. The second-order valence-corrected chi connectivity index (χ2v) is 4.73. The number of halogens is 1. The van der Waals surface area contributed by atoms with Gasteiger partial charge in [0.1, 0.15) is 0 Å². The minimum Gasteiger partial charge on any atom is -0.409 e. The summed E-state index contributed by atoms with van der Waals surface area (Å²) in [7, 11) is 0. The van der Waals surface area contributed by atoms with E-state index in [2.05, 4.69) is 15.5 Å². The summed E-state index contributed by atoms with van der Waals surface area (Å²) in [4.78, 5) is 16.1. The van der Waals surface area contributed by atoms with Crippen molar-refractivity contribution < 1.29 is 10.0 Å². The molecule has 0 unspecified atom stereocenters. The normalized spacial score (nSPS) is 11.2. The monoisotopic (exact) mass is 304 g/mol. The lowest BCUT2D eigenvalue weighted by molar-refractivity contribution is 0.102. The molecule has 2 aromatic rings. The number of oxime groups is 1. The number of aromatic nitrogens is 1. The lowest BCUT2D eigenvalue weighted by atomic mass is 10.2. The molecule has 0 fully saturated rings. The minimum absolute atomic E-state index is 0.0579. The molecule has 0 radical (unpaired) electrons. The van der Waals surface area contributed by atoms with Crippen molar-refractivity contribution in [3.63, 3.8) is 0 Å². The molecule has 0 spiro atoms. The maximum Gasteiger partial charge on any atom is 0.257 e. The molecular weight excluding hydrogens is 292 g/mol. The fourth-order valence-corrected chi connectivity index (χ4v) is 1.86. The van der Waals surface area contributed by atoms with Gasteiger partial charge in [-0.1, -0.05) is 16.8 Å². The van der Waals surface area contributed by atoms with E-state index in [1.54, 1.807) is 24.3 Å². The Balaban J connectivity index is 2.20. The smallest absolute Gasteiger partial charge is 0.257 e. The number of nitrogens with two attached hydrogens (primary N) is 1. The van der Waals surface area contributed by atoms with Crippen LogP contribution in [0.5, 0.6) is 0 Å². The Kier molecular flexibility index (Phi) is 4.39. The Morgan fingerprint density at radius 3 is 2.62 bits per heavy atom. The number of benzene rings is 1. The van der Waals surface area contributed by atoms with E-state index in [1.165, 1.54) is 12.3 Å². The van der Waals surface area contributed by atoms with Crippen LogP contribution in [0.4, 0.5) is 5.69 Å². The molecular formula is C14H13ClN4O2. The molecule has 21 heavy (non-hydrogen) atoms. The number of nitrogens with zero attached hydrogens (tertiary/aromatic N) is 2. The van der Waals surface area contributed by atoms with E-state index in [0.29, 0.717) is 16.8 Å². The van der Waals surface area contributed by atoms with Gasteiger partial charge in [-0.3, -0.25) is 9.78 Å². The number of pyridine rings is 1. The zero-order valence-corrected chi connectivity index (χ0v) is 11.9. The molecule has 4 N–H and O–H groups in total. The molecule has 0 bridgehead atoms. The second-order valence-electron chi connectivity index (χ2n) is 4.32. The summed E-state index contributed by atoms with van der Waals surface area (Å²) in [6.45, 7) is 1.84. The molecule has 1 heterocycles. The van der Waals surface area contributed by atoms with E-state index >= 15 is 0 Å². The van der Waals surface area contributed by atoms with Gasteiger partial charge in [-0.25, -0.2) is 0 Å². The number of rotatable bonds is 3. The number of anilines is 1. The largest absolute Gasteiger partial charge is 0.409 e. The lowest BCUT2D eigenvalue weighted by Gasteiger charge is -2.08. The molecule has 0 atom stereocenters. The Morgan fingerprint density at radius 1 is 1.33 bits per heavy atom. The highest BCUT2D eigenvalue weighted by Crippen LogP contribution is 2.23. The third kappa shape index (κ3) is 3.49. The number of hydrogen-bond acceptors (Lipinski definition) is 4. The maximum absolute atomic E-state index is 12.1. The van der Waals surface area contributed by atoms with Crippen molar-refractivity contribution >= 4 is 29.0 Å². The number of amides is 1. The quantitative estimate of drug-likeness (QED) is 0.351. The number of nitrogens with one attached hydrogen (secondary N) is 1. The van der Waals surface area contributed by atoms with Crippen LogP contribution >= 0.6 is 11.6 Å². The van der Waals surface area contributed by atoms with E-state index in [9.17, 15) is 4.79 Å². The van der Waals surface area contributed by atoms with Crippen molar-refractivity contribution in [2.75, 3.05) is 5.32 Å². The summed E-state index contributed by atoms with van der Waals surface area (Å²) in [5.41, 5.74) is 7.60. The van der Waals surface area contributed by atoms with E-state index < -0.39 is 0 Å². The third-order valence-electron chi connectivity index (χ3n) is 2.79. The van der Waals surface area contributed by atoms with Crippen molar-refractivity contribution in [1.29, 1.82) is 0 Å². The average Bonchev–Trinajstić information content (AvgIpc) is 2.49. The van der Waals surface area contributed by atoms with E-state index in [-0.39, 0.29) is 16.8 Å². The van der Waals surface area contributed by atoms with Crippen molar-refractivity contribution in [1.82, 2.24) is 4.98 Å². The van der Waals surface area contributed by atoms with Crippen molar-refractivity contribution in [3.8, 4) is 0 Å². The van der Waals surface area contributed by atoms with Crippen LogP contribution in [0.25, 0.3) is 0 Å². The average molecular weight is 305 g/mol. The summed E-state index contributed by atoms with van der Waals surface area (Å²) < 4.78 is 0. The molecule has 0 saturated heterocycles. The Hall–Kier alpha value is -2.60. The van der Waals surface area contributed by atoms with Crippen LogP contribution in [0.15, 0.2) is 41.7 Å². The van der Waals surface area contributed by atoms with Gasteiger partial charge in [0.25, 0.3) is 5.91 Å². The van der Waals surface area contributed by atoms with Gasteiger partial charge < -0.3 is 16.3 Å². The predicted molar refractivity (Wildman–Crippen MR) is 80.9 cm³/mol. The number of carbonyl (C=O) groups is 1. The van der Waals surface area contributed by atoms with Gasteiger partial charge in [0.2, 0.25) is 0 Å². The van der Waals surface area contributed by atoms with Crippen molar-refractivity contribution in [3.05, 3.63) is 58.4 Å². The molecule has 0 aliphatic heterocycles. The first-order chi connectivity index (χ1) is 10.0. The summed E-state index contributed by atoms with van der Waals surface area (Å²) >= 11 is 6.06. The minimum atomic E-state index is -0.319. The highest BCUT2D eigenvalue weighted by Gasteiger charge is 2.10. The molecule has 1 amide bonds. The highest BCUT2D eigenvalue weighted by atomic mass is 35.5. The fraction of sp³-hybridized carbons (Fsp3) is 0.0714. The van der Waals surface area contributed by atoms with Crippen LogP contribution in [0, 0.1) is 6.92 Å². The zero-order valence-electron chi connectivity index (χ0n) is 11.2. The van der Waals surface area contributed by atoms with E-state index in [4.69, 9.17) is 22.5 Å². The van der Waals surface area contributed by atoms with Crippen LogP contribution in [0.1, 0.15) is 21.6 Å². The number of aryl methyl sites for hydroxylation is 1. The summed E-state index contributed by atoms with van der Waals surface area (Å²) in [5.74, 6) is -0.376. The van der Waals surface area contributed by atoms with Gasteiger partial charge >= 0.3 is 0 Å². The molecule has 0 aliphatic carbocycles. The summed E-state index contributed by atoms with van der Waals surface area (Å²) in [6.07, 6.45) is 1.49. The summed E-state index contributed by atoms with van der Waals surface area (Å²) in [6, 6.07) is 8.09. The Morgan fingerprint density at radius 2 is 2.05 bits per heavy atom. The SMILES string of the molecule is Cc1ccc(C(=O)Nc2ccc(/C(N)=N/O)cc2Cl)cn1. The number of amidine groups is 1. The summed E-state index contributed by atoms with van der Waals surface area (Å²) in [5, 5.41) is 14.5. The van der Waals surface area contributed by atoms with Crippen LogP contribution in [0.2, 0.25) is 5.02 Å². The number of carbonyl (C=O) groups excluding carboxylic acids is 1. The van der Waals surface area contributed by atoms with Gasteiger partial charge in [-0.2, -0.15) is 0 Å². The molecule has 1 aromatic heterocycles.